The summed E-state index contributed by atoms with van der Waals surface area (Å²) < 4.78 is 5.30. The summed E-state index contributed by atoms with van der Waals surface area (Å²) in [6.07, 6.45) is 3.88. The predicted octanol–water partition coefficient (Wildman–Crippen LogP) is 2.68. The van der Waals surface area contributed by atoms with Crippen LogP contribution in [0.15, 0.2) is 15.7 Å². The topological polar surface area (TPSA) is 88.2 Å². The lowest BCUT2D eigenvalue weighted by Crippen LogP contribution is -2.38. The highest BCUT2D eigenvalue weighted by molar-refractivity contribution is 7.11. The number of nitrogens with zero attached hydrogens (tertiary/aromatic N) is 4. The molecule has 2 aromatic heterocycles. The van der Waals surface area contributed by atoms with Crippen LogP contribution in [0.4, 0.5) is 0 Å². The number of nitrogens with one attached hydrogen (secondary N) is 2. The van der Waals surface area contributed by atoms with Crippen LogP contribution in [0.25, 0.3) is 0 Å². The van der Waals surface area contributed by atoms with Gasteiger partial charge in [-0.15, -0.1) is 11.3 Å². The molecule has 0 aliphatic heterocycles. The van der Waals surface area contributed by atoms with Crippen molar-refractivity contribution in [1.29, 1.82) is 0 Å². The van der Waals surface area contributed by atoms with Crippen molar-refractivity contribution in [2.75, 3.05) is 13.1 Å². The Morgan fingerprint density at radius 2 is 2.08 bits per heavy atom. The normalized spacial score (nSPS) is 12.4. The van der Waals surface area contributed by atoms with Crippen LogP contribution in [0.5, 0.6) is 0 Å². The third-order valence-corrected chi connectivity index (χ3v) is 4.62. The zero-order valence-corrected chi connectivity index (χ0v) is 16.5. The van der Waals surface area contributed by atoms with E-state index in [0.29, 0.717) is 18.3 Å². The Morgan fingerprint density at radius 3 is 2.68 bits per heavy atom. The van der Waals surface area contributed by atoms with Gasteiger partial charge in [-0.3, -0.25) is 0 Å². The van der Waals surface area contributed by atoms with Gasteiger partial charge in [0.25, 0.3) is 0 Å². The van der Waals surface area contributed by atoms with Crippen LogP contribution < -0.4 is 10.6 Å². The molecule has 0 aromatic carbocycles. The van der Waals surface area contributed by atoms with E-state index in [9.17, 15) is 0 Å². The molecule has 0 fully saturated rings. The van der Waals surface area contributed by atoms with Crippen LogP contribution >= 0.6 is 11.3 Å². The summed E-state index contributed by atoms with van der Waals surface area (Å²) in [6, 6.07) is 0. The minimum Gasteiger partial charge on any atom is -0.357 e. The zero-order chi connectivity index (χ0) is 18.3. The molecule has 0 bridgehead atoms. The van der Waals surface area contributed by atoms with E-state index in [1.165, 1.54) is 4.88 Å². The van der Waals surface area contributed by atoms with Crippen LogP contribution in [-0.2, 0) is 24.8 Å². The molecule has 0 saturated carbocycles. The maximum atomic E-state index is 5.30. The first-order valence-corrected chi connectivity index (χ1v) is 9.52. The van der Waals surface area contributed by atoms with Crippen molar-refractivity contribution in [1.82, 2.24) is 25.8 Å². The largest absolute Gasteiger partial charge is 0.357 e. The molecular formula is C17H28N6OS. The quantitative estimate of drug-likeness (QED) is 0.580. The molecular weight excluding hydrogens is 336 g/mol. The second kappa shape index (κ2) is 8.94. The van der Waals surface area contributed by atoms with E-state index in [-0.39, 0.29) is 5.41 Å². The third kappa shape index (κ3) is 6.12. The highest BCUT2D eigenvalue weighted by Crippen LogP contribution is 2.19. The number of thiazole rings is 1. The molecule has 2 aromatic rings. The molecule has 8 heteroatoms. The Balaban J connectivity index is 1.88. The number of aryl methyl sites for hydroxylation is 1. The summed E-state index contributed by atoms with van der Waals surface area (Å²) in [5, 5.41) is 11.7. The van der Waals surface area contributed by atoms with E-state index in [1.807, 2.05) is 33.9 Å². The van der Waals surface area contributed by atoms with Gasteiger partial charge >= 0.3 is 0 Å². The molecule has 0 spiro atoms. The SMILES string of the molecule is CCNC(=NCc1noc(C(C)(C)C)n1)NCCc1ncc(CC)s1. The highest BCUT2D eigenvalue weighted by Gasteiger charge is 2.21. The fourth-order valence-corrected chi connectivity index (χ4v) is 2.89. The summed E-state index contributed by atoms with van der Waals surface area (Å²) in [7, 11) is 0. The molecule has 0 aliphatic rings. The molecule has 0 aliphatic carbocycles. The van der Waals surface area contributed by atoms with Crippen molar-refractivity contribution in [2.24, 2.45) is 4.99 Å². The number of aromatic nitrogens is 3. The predicted molar refractivity (Wildman–Crippen MR) is 101 cm³/mol. The molecule has 0 unspecified atom stereocenters. The lowest BCUT2D eigenvalue weighted by Gasteiger charge is -2.10. The van der Waals surface area contributed by atoms with Crippen molar-refractivity contribution in [3.8, 4) is 0 Å². The summed E-state index contributed by atoms with van der Waals surface area (Å²) in [6.45, 7) is 12.3. The molecule has 0 atom stereocenters. The Labute approximate surface area is 153 Å². The summed E-state index contributed by atoms with van der Waals surface area (Å²) >= 11 is 1.77. The molecule has 7 nitrogen and oxygen atoms in total. The molecule has 2 heterocycles. The standard InChI is InChI=1S/C17H28N6OS/c1-6-12-10-20-14(25-12)8-9-19-16(18-7-2)21-11-13-22-15(24-23-13)17(3,4)5/h10H,6-9,11H2,1-5H3,(H2,18,19,21). The van der Waals surface area contributed by atoms with Crippen molar-refractivity contribution >= 4 is 17.3 Å². The fraction of sp³-hybridized carbons (Fsp3) is 0.647. The van der Waals surface area contributed by atoms with Gasteiger partial charge in [-0.1, -0.05) is 32.9 Å². The average Bonchev–Trinajstić information content (AvgIpc) is 3.21. The molecule has 138 valence electrons. The average molecular weight is 365 g/mol. The van der Waals surface area contributed by atoms with Crippen LogP contribution in [0.3, 0.4) is 0 Å². The van der Waals surface area contributed by atoms with Gasteiger partial charge in [0.2, 0.25) is 5.89 Å². The van der Waals surface area contributed by atoms with Gasteiger partial charge in [0.15, 0.2) is 11.8 Å². The Bertz CT molecular complexity index is 685. The van der Waals surface area contributed by atoms with Crippen LogP contribution in [0.1, 0.15) is 56.2 Å². The first-order valence-electron chi connectivity index (χ1n) is 8.71. The second-order valence-corrected chi connectivity index (χ2v) is 7.91. The van der Waals surface area contributed by atoms with Crippen LogP contribution in [0, 0.1) is 0 Å². The van der Waals surface area contributed by atoms with Crippen molar-refractivity contribution in [2.45, 2.75) is 59.4 Å². The van der Waals surface area contributed by atoms with Gasteiger partial charge in [0.1, 0.15) is 6.54 Å². The van der Waals surface area contributed by atoms with Crippen molar-refractivity contribution in [3.63, 3.8) is 0 Å². The Kier molecular flexibility index (Phi) is 6.92. The monoisotopic (exact) mass is 364 g/mol. The van der Waals surface area contributed by atoms with E-state index in [0.717, 1.165) is 36.9 Å². The van der Waals surface area contributed by atoms with Gasteiger partial charge in [-0.25, -0.2) is 9.98 Å². The van der Waals surface area contributed by atoms with Crippen molar-refractivity contribution < 1.29 is 4.52 Å². The summed E-state index contributed by atoms with van der Waals surface area (Å²) in [4.78, 5) is 14.7. The molecule has 0 saturated heterocycles. The van der Waals surface area contributed by atoms with Gasteiger partial charge in [-0.05, 0) is 13.3 Å². The smallest absolute Gasteiger partial charge is 0.232 e. The Morgan fingerprint density at radius 1 is 1.28 bits per heavy atom. The summed E-state index contributed by atoms with van der Waals surface area (Å²) in [5.41, 5.74) is -0.150. The van der Waals surface area contributed by atoms with Gasteiger partial charge in [0, 0.05) is 36.0 Å². The Hall–Kier alpha value is -1.96. The van der Waals surface area contributed by atoms with E-state index < -0.39 is 0 Å². The fourth-order valence-electron chi connectivity index (χ4n) is 2.03. The van der Waals surface area contributed by atoms with Gasteiger partial charge in [0.05, 0.1) is 5.01 Å². The first-order chi connectivity index (χ1) is 11.9. The highest BCUT2D eigenvalue weighted by atomic mass is 32.1. The summed E-state index contributed by atoms with van der Waals surface area (Å²) in [5.74, 6) is 1.97. The number of guanidine groups is 1. The molecule has 0 amide bonds. The second-order valence-electron chi connectivity index (χ2n) is 6.71. The maximum Gasteiger partial charge on any atom is 0.232 e. The lowest BCUT2D eigenvalue weighted by atomic mass is 9.97. The van der Waals surface area contributed by atoms with Crippen molar-refractivity contribution in [3.05, 3.63) is 27.8 Å². The third-order valence-electron chi connectivity index (χ3n) is 3.41. The van der Waals surface area contributed by atoms with Crippen LogP contribution in [0.2, 0.25) is 0 Å². The van der Waals surface area contributed by atoms with E-state index in [2.05, 4.69) is 37.7 Å². The molecule has 2 rings (SSSR count). The minimum absolute atomic E-state index is 0.150. The van der Waals surface area contributed by atoms with E-state index in [1.54, 1.807) is 11.3 Å². The van der Waals surface area contributed by atoms with Crippen LogP contribution in [-0.4, -0.2) is 34.2 Å². The van der Waals surface area contributed by atoms with E-state index >= 15 is 0 Å². The van der Waals surface area contributed by atoms with Gasteiger partial charge in [-0.2, -0.15) is 4.98 Å². The zero-order valence-electron chi connectivity index (χ0n) is 15.7. The molecule has 25 heavy (non-hydrogen) atoms. The lowest BCUT2D eigenvalue weighted by molar-refractivity contribution is 0.318. The molecule has 2 N–H and O–H groups in total. The number of hydrogen-bond donors (Lipinski definition) is 2. The molecule has 0 radical (unpaired) electrons. The number of rotatable bonds is 7. The van der Waals surface area contributed by atoms with E-state index in [4.69, 9.17) is 4.52 Å². The minimum atomic E-state index is -0.150. The maximum absolute atomic E-state index is 5.30. The van der Waals surface area contributed by atoms with Gasteiger partial charge < -0.3 is 15.2 Å². The first kappa shape index (κ1) is 19.4. The number of aliphatic imine (C=N–C) groups is 1. The number of hydrogen-bond acceptors (Lipinski definition) is 6.